The number of halogens is 2. The molecule has 4 saturated heterocycles. The third-order valence-corrected chi connectivity index (χ3v) is 10.6. The van der Waals surface area contributed by atoms with Crippen LogP contribution in [0.2, 0.25) is 0 Å². The van der Waals surface area contributed by atoms with Crippen molar-refractivity contribution in [3.63, 3.8) is 0 Å². The number of imidazole rings is 1. The van der Waals surface area contributed by atoms with Crippen molar-refractivity contribution >= 4 is 39.0 Å². The Morgan fingerprint density at radius 1 is 1.15 bits per heavy atom. The predicted molar refractivity (Wildman–Crippen MR) is 179 cm³/mol. The molecule has 47 heavy (non-hydrogen) atoms. The van der Waals surface area contributed by atoms with Crippen LogP contribution in [-0.2, 0) is 0 Å². The Balaban J connectivity index is 1.24. The Bertz CT molecular complexity index is 2160. The molecule has 0 amide bonds. The number of hydrogen-bond acceptors (Lipinski definition) is 8. The van der Waals surface area contributed by atoms with Crippen LogP contribution in [0.1, 0.15) is 37.7 Å². The van der Waals surface area contributed by atoms with Crippen LogP contribution >= 0.6 is 0 Å². The van der Waals surface area contributed by atoms with Crippen molar-refractivity contribution in [2.45, 2.75) is 49.7 Å². The van der Waals surface area contributed by atoms with Gasteiger partial charge >= 0.3 is 6.01 Å². The van der Waals surface area contributed by atoms with E-state index in [2.05, 4.69) is 21.0 Å². The lowest BCUT2D eigenvalue weighted by Crippen LogP contribution is -2.51. The molecule has 0 radical (unpaired) electrons. The van der Waals surface area contributed by atoms with Gasteiger partial charge in [0.2, 0.25) is 0 Å². The molecule has 2 bridgehead atoms. The van der Waals surface area contributed by atoms with E-state index < -0.39 is 5.82 Å². The summed E-state index contributed by atoms with van der Waals surface area (Å²) in [6, 6.07) is 9.68. The highest BCUT2D eigenvalue weighted by molar-refractivity contribution is 6.07. The Hall–Kier alpha value is -4.79. The minimum Gasteiger partial charge on any atom is -0.461 e. The third kappa shape index (κ3) is 4.46. The van der Waals surface area contributed by atoms with Gasteiger partial charge in [-0.3, -0.25) is 9.30 Å². The zero-order chi connectivity index (χ0) is 31.9. The maximum Gasteiger partial charge on any atom is 0.319 e. The van der Waals surface area contributed by atoms with Crippen LogP contribution in [0, 0.1) is 18.2 Å². The first kappa shape index (κ1) is 28.4. The van der Waals surface area contributed by atoms with E-state index in [1.54, 1.807) is 18.3 Å². The first-order valence-electron chi connectivity index (χ1n) is 16.3. The number of aromatic nitrogens is 4. The van der Waals surface area contributed by atoms with Gasteiger partial charge in [0.05, 0.1) is 22.9 Å². The minimum absolute atomic E-state index is 0.171. The maximum atomic E-state index is 15.1. The van der Waals surface area contributed by atoms with Gasteiger partial charge < -0.3 is 20.7 Å². The number of terminal acetylenes is 1. The average Bonchev–Trinajstić information content (AvgIpc) is 3.86. The van der Waals surface area contributed by atoms with Crippen LogP contribution in [0.25, 0.3) is 38.6 Å². The Morgan fingerprint density at radius 3 is 2.81 bits per heavy atom. The summed E-state index contributed by atoms with van der Waals surface area (Å²) in [5.74, 6) is 2.86. The second kappa shape index (κ2) is 10.6. The number of nitrogen functional groups attached to an aromatic ring is 1. The lowest BCUT2D eigenvalue weighted by atomic mass is 9.93. The smallest absolute Gasteiger partial charge is 0.319 e. The molecule has 0 saturated carbocycles. The van der Waals surface area contributed by atoms with Gasteiger partial charge in [-0.25, -0.2) is 13.8 Å². The molecule has 238 valence electrons. The lowest BCUT2D eigenvalue weighted by Gasteiger charge is -2.34. The molecule has 9 nitrogen and oxygen atoms in total. The number of nitrogens with one attached hydrogen (secondary N) is 1. The van der Waals surface area contributed by atoms with Crippen LogP contribution in [0.4, 0.5) is 20.3 Å². The van der Waals surface area contributed by atoms with Gasteiger partial charge in [0.25, 0.3) is 0 Å². The summed E-state index contributed by atoms with van der Waals surface area (Å²) >= 11 is 0. The minimum atomic E-state index is -0.474. The van der Waals surface area contributed by atoms with E-state index in [4.69, 9.17) is 31.8 Å². The quantitative estimate of drug-likeness (QED) is 0.202. The van der Waals surface area contributed by atoms with Crippen molar-refractivity contribution in [1.82, 2.24) is 29.6 Å². The van der Waals surface area contributed by atoms with E-state index in [9.17, 15) is 4.39 Å². The molecule has 3 atom stereocenters. The highest BCUT2D eigenvalue weighted by atomic mass is 19.1. The first-order valence-corrected chi connectivity index (χ1v) is 16.3. The summed E-state index contributed by atoms with van der Waals surface area (Å²) < 4.78 is 37.2. The lowest BCUT2D eigenvalue weighted by molar-refractivity contribution is 0.108. The number of nitrogens with zero attached hydrogens (tertiary/aromatic N) is 6. The highest BCUT2D eigenvalue weighted by Crippen LogP contribution is 2.43. The van der Waals surface area contributed by atoms with Crippen molar-refractivity contribution < 1.29 is 13.5 Å². The van der Waals surface area contributed by atoms with Crippen molar-refractivity contribution in [3.05, 3.63) is 66.0 Å². The van der Waals surface area contributed by atoms with Crippen LogP contribution in [0.15, 0.2) is 54.6 Å². The van der Waals surface area contributed by atoms with Crippen LogP contribution in [0.3, 0.4) is 0 Å². The molecule has 11 heteroatoms. The molecule has 2 aromatic carbocycles. The number of nitrogens with two attached hydrogens (primary N) is 1. The molecule has 5 aromatic rings. The number of rotatable bonds is 5. The summed E-state index contributed by atoms with van der Waals surface area (Å²) in [7, 11) is 0. The number of piperazine rings is 1. The second-order valence-corrected chi connectivity index (χ2v) is 13.5. The van der Waals surface area contributed by atoms with Gasteiger partial charge in [-0.2, -0.15) is 9.97 Å². The molecular weight excluding hydrogens is 598 g/mol. The van der Waals surface area contributed by atoms with Gasteiger partial charge in [-0.15, -0.1) is 6.42 Å². The second-order valence-electron chi connectivity index (χ2n) is 13.5. The summed E-state index contributed by atoms with van der Waals surface area (Å²) in [5.41, 5.74) is 11.1. The molecule has 9 rings (SSSR count). The Morgan fingerprint density at radius 2 is 2.00 bits per heavy atom. The van der Waals surface area contributed by atoms with Gasteiger partial charge in [0, 0.05) is 60.7 Å². The number of benzene rings is 2. The van der Waals surface area contributed by atoms with Crippen LogP contribution < -0.4 is 20.7 Å². The van der Waals surface area contributed by atoms with E-state index in [0.29, 0.717) is 65.0 Å². The monoisotopic (exact) mass is 632 g/mol. The average molecular weight is 633 g/mol. The zero-order valence-electron chi connectivity index (χ0n) is 25.8. The zero-order valence-corrected chi connectivity index (χ0v) is 25.8. The van der Waals surface area contributed by atoms with Crippen molar-refractivity contribution in [2.75, 3.05) is 43.4 Å². The van der Waals surface area contributed by atoms with Crippen molar-refractivity contribution in [1.29, 1.82) is 0 Å². The Labute approximate surface area is 270 Å². The molecule has 4 fully saturated rings. The summed E-state index contributed by atoms with van der Waals surface area (Å²) in [5, 5.41) is 5.04. The van der Waals surface area contributed by atoms with E-state index in [-0.39, 0.29) is 17.1 Å². The standard InChI is InChI=1S/C36H34F2N8O/c1-2-26-29(38)7-4-22-12-23(39)13-27(31(22)26)28-14-30-32(46-11-9-40-33(28)46)34(44-18-24-5-6-25(19-44)41-24)43-35(42-30)47-20-36-8-3-10-45(36)17-21(15-36)16-37/h1,4,7,9,11-14,16,24-25,41H,3,5-6,8,10,15,17-20,39H2/b21-16-/t24-,25+,36-/m0/s1. The normalized spacial score (nSPS) is 25.0. The summed E-state index contributed by atoms with van der Waals surface area (Å²) in [4.78, 5) is 19.5. The van der Waals surface area contributed by atoms with E-state index >= 15 is 4.39 Å². The molecule has 3 N–H and O–H groups in total. The molecule has 3 aromatic heterocycles. The molecule has 0 spiro atoms. The third-order valence-electron chi connectivity index (χ3n) is 10.6. The van der Waals surface area contributed by atoms with Crippen LogP contribution in [0.5, 0.6) is 6.01 Å². The Kier molecular flexibility index (Phi) is 6.42. The van der Waals surface area contributed by atoms with Gasteiger partial charge in [-0.05, 0) is 79.4 Å². The molecule has 0 aliphatic carbocycles. The fraction of sp³-hybridized carbons (Fsp3) is 0.361. The highest BCUT2D eigenvalue weighted by Gasteiger charge is 2.47. The van der Waals surface area contributed by atoms with Gasteiger partial charge in [0.1, 0.15) is 23.6 Å². The number of pyridine rings is 1. The molecule has 0 unspecified atom stereocenters. The molecular formula is C36H34F2N8O. The van der Waals surface area contributed by atoms with E-state index in [1.165, 1.54) is 6.07 Å². The number of hydrogen-bond donors (Lipinski definition) is 2. The maximum absolute atomic E-state index is 15.1. The number of fused-ring (bicyclic) bond motifs is 7. The van der Waals surface area contributed by atoms with Gasteiger partial charge in [-0.1, -0.05) is 12.0 Å². The predicted octanol–water partition coefficient (Wildman–Crippen LogP) is 5.21. The topological polar surface area (TPSA) is 96.8 Å². The first-order chi connectivity index (χ1) is 22.9. The fourth-order valence-corrected chi connectivity index (χ4v) is 8.58. The van der Waals surface area contributed by atoms with E-state index in [1.807, 2.05) is 22.7 Å². The molecule has 4 aliphatic rings. The summed E-state index contributed by atoms with van der Waals surface area (Å²) in [6.45, 7) is 3.54. The van der Waals surface area contributed by atoms with Gasteiger partial charge in [0.15, 0.2) is 5.82 Å². The fourth-order valence-electron chi connectivity index (χ4n) is 8.58. The number of anilines is 2. The van der Waals surface area contributed by atoms with Crippen molar-refractivity contribution in [2.24, 2.45) is 0 Å². The largest absolute Gasteiger partial charge is 0.461 e. The van der Waals surface area contributed by atoms with Crippen molar-refractivity contribution in [3.8, 4) is 29.5 Å². The molecule has 4 aliphatic heterocycles. The van der Waals surface area contributed by atoms with Crippen LogP contribution in [-0.4, -0.2) is 74.7 Å². The number of ether oxygens (including phenoxy) is 1. The summed E-state index contributed by atoms with van der Waals surface area (Å²) in [6.07, 6.45) is 15.1. The SMILES string of the molecule is C#Cc1c(F)ccc2cc(N)cc(-c3cc4nc(OC[C@@]56CCCN5C/C(=C\F)C6)nc(N5C[C@H]6CC[C@@H](C5)N6)c4n4ccnc34)c12. The molecule has 7 heterocycles. The van der Waals surface area contributed by atoms with E-state index in [0.717, 1.165) is 73.9 Å².